The summed E-state index contributed by atoms with van der Waals surface area (Å²) in [6, 6.07) is 4.51. The highest BCUT2D eigenvalue weighted by Gasteiger charge is 2.30. The zero-order chi connectivity index (χ0) is 17.7. The molecule has 0 aliphatic carbocycles. The van der Waals surface area contributed by atoms with Crippen molar-refractivity contribution in [3.8, 4) is 0 Å². The number of hydrogen-bond donors (Lipinski definition) is 0. The average molecular weight is 333 g/mol. The second-order valence-electron chi connectivity index (χ2n) is 6.02. The Hall–Kier alpha value is -2.97. The van der Waals surface area contributed by atoms with E-state index in [0.29, 0.717) is 6.54 Å². The van der Waals surface area contributed by atoms with Crippen LogP contribution in [-0.2, 0) is 11.3 Å². The molecular formula is C15H19N5O4. The van der Waals surface area contributed by atoms with E-state index in [1.165, 1.54) is 17.0 Å². The van der Waals surface area contributed by atoms with Gasteiger partial charge in [-0.05, 0) is 32.9 Å². The van der Waals surface area contributed by atoms with Crippen LogP contribution in [0.15, 0.2) is 36.8 Å². The maximum absolute atomic E-state index is 12.4. The number of anilines is 1. The van der Waals surface area contributed by atoms with Crippen LogP contribution in [0.2, 0.25) is 0 Å². The van der Waals surface area contributed by atoms with Crippen molar-refractivity contribution in [2.24, 2.45) is 0 Å². The van der Waals surface area contributed by atoms with Gasteiger partial charge in [0.2, 0.25) is 0 Å². The van der Waals surface area contributed by atoms with E-state index in [0.717, 1.165) is 6.20 Å². The standard InChI is InChI=1S/C15H19N5O4/c1-15(2,3)19(13-6-5-12(11-16-13)20(22)23)14(21)24-10-9-18-8-4-7-17-18/h4-8,11H,9-10H2,1-3H3. The van der Waals surface area contributed by atoms with E-state index >= 15 is 0 Å². The Labute approximate surface area is 139 Å². The number of carbonyl (C=O) groups excluding carboxylic acids is 1. The normalized spacial score (nSPS) is 11.1. The Kier molecular flexibility index (Phi) is 5.12. The number of pyridine rings is 1. The van der Waals surface area contributed by atoms with E-state index in [4.69, 9.17) is 4.74 Å². The predicted molar refractivity (Wildman–Crippen MR) is 86.7 cm³/mol. The molecule has 0 aliphatic rings. The molecule has 128 valence electrons. The highest BCUT2D eigenvalue weighted by Crippen LogP contribution is 2.24. The number of nitrogens with zero attached hydrogens (tertiary/aromatic N) is 5. The van der Waals surface area contributed by atoms with E-state index in [1.807, 2.05) is 20.8 Å². The van der Waals surface area contributed by atoms with Crippen LogP contribution < -0.4 is 4.90 Å². The first-order valence-corrected chi connectivity index (χ1v) is 7.34. The second-order valence-corrected chi connectivity index (χ2v) is 6.02. The molecule has 9 heteroatoms. The fourth-order valence-corrected chi connectivity index (χ4v) is 2.05. The molecule has 0 aromatic carbocycles. The minimum Gasteiger partial charge on any atom is -0.447 e. The molecular weight excluding hydrogens is 314 g/mol. The lowest BCUT2D eigenvalue weighted by Crippen LogP contribution is -2.47. The molecule has 0 bridgehead atoms. The molecule has 2 aromatic rings. The van der Waals surface area contributed by atoms with Gasteiger partial charge in [0.05, 0.1) is 11.5 Å². The molecule has 0 spiro atoms. The van der Waals surface area contributed by atoms with Crippen molar-refractivity contribution in [1.29, 1.82) is 0 Å². The largest absolute Gasteiger partial charge is 0.447 e. The summed E-state index contributed by atoms with van der Waals surface area (Å²) in [6.45, 7) is 6.06. The fourth-order valence-electron chi connectivity index (χ4n) is 2.05. The minimum atomic E-state index is -0.605. The maximum Gasteiger partial charge on any atom is 0.416 e. The summed E-state index contributed by atoms with van der Waals surface area (Å²) < 4.78 is 6.94. The highest BCUT2D eigenvalue weighted by molar-refractivity contribution is 5.87. The molecule has 0 atom stereocenters. The molecule has 2 aromatic heterocycles. The van der Waals surface area contributed by atoms with Crippen LogP contribution in [0.25, 0.3) is 0 Å². The van der Waals surface area contributed by atoms with E-state index in [9.17, 15) is 14.9 Å². The number of amides is 1. The van der Waals surface area contributed by atoms with Crippen LogP contribution in [0.3, 0.4) is 0 Å². The van der Waals surface area contributed by atoms with Crippen LogP contribution >= 0.6 is 0 Å². The third-order valence-corrected chi connectivity index (χ3v) is 3.13. The maximum atomic E-state index is 12.4. The summed E-state index contributed by atoms with van der Waals surface area (Å²) in [5, 5.41) is 14.7. The summed E-state index contributed by atoms with van der Waals surface area (Å²) in [4.78, 5) is 28.0. The number of hydrogen-bond acceptors (Lipinski definition) is 6. The summed E-state index contributed by atoms with van der Waals surface area (Å²) in [6.07, 6.45) is 3.96. The Morgan fingerprint density at radius 3 is 2.67 bits per heavy atom. The number of nitro groups is 1. The summed E-state index contributed by atoms with van der Waals surface area (Å²) >= 11 is 0. The lowest BCUT2D eigenvalue weighted by atomic mass is 10.1. The Bertz CT molecular complexity index is 692. The predicted octanol–water partition coefficient (Wildman–Crippen LogP) is 2.63. The van der Waals surface area contributed by atoms with Gasteiger partial charge in [0.1, 0.15) is 18.6 Å². The molecule has 0 radical (unpaired) electrons. The summed E-state index contributed by atoms with van der Waals surface area (Å²) in [5.41, 5.74) is -0.744. The quantitative estimate of drug-likeness (QED) is 0.615. The zero-order valence-electron chi connectivity index (χ0n) is 13.7. The molecule has 24 heavy (non-hydrogen) atoms. The summed E-state index contributed by atoms with van der Waals surface area (Å²) in [7, 11) is 0. The van der Waals surface area contributed by atoms with Crippen LogP contribution in [0.1, 0.15) is 20.8 Å². The molecule has 9 nitrogen and oxygen atoms in total. The number of carbonyl (C=O) groups is 1. The van der Waals surface area contributed by atoms with Gasteiger partial charge >= 0.3 is 6.09 Å². The first-order valence-electron chi connectivity index (χ1n) is 7.34. The molecule has 2 heterocycles. The number of ether oxygens (including phenoxy) is 1. The van der Waals surface area contributed by atoms with Crippen LogP contribution in [-0.4, -0.2) is 37.9 Å². The van der Waals surface area contributed by atoms with Gasteiger partial charge in [-0.15, -0.1) is 0 Å². The first kappa shape index (κ1) is 17.4. The molecule has 0 saturated heterocycles. The van der Waals surface area contributed by atoms with Crippen molar-refractivity contribution in [3.63, 3.8) is 0 Å². The molecule has 0 saturated carbocycles. The minimum absolute atomic E-state index is 0.139. The lowest BCUT2D eigenvalue weighted by molar-refractivity contribution is -0.385. The molecule has 0 N–H and O–H groups in total. The number of rotatable bonds is 5. The fraction of sp³-hybridized carbons (Fsp3) is 0.400. The Morgan fingerprint density at radius 2 is 2.17 bits per heavy atom. The Morgan fingerprint density at radius 1 is 1.42 bits per heavy atom. The second kappa shape index (κ2) is 7.07. The third-order valence-electron chi connectivity index (χ3n) is 3.13. The molecule has 2 rings (SSSR count). The average Bonchev–Trinajstić information content (AvgIpc) is 3.00. The van der Waals surface area contributed by atoms with Crippen LogP contribution in [0.4, 0.5) is 16.3 Å². The van der Waals surface area contributed by atoms with Crippen molar-refractivity contribution in [2.45, 2.75) is 32.9 Å². The topological polar surface area (TPSA) is 103 Å². The van der Waals surface area contributed by atoms with Gasteiger partial charge in [0.15, 0.2) is 0 Å². The molecule has 0 fully saturated rings. The van der Waals surface area contributed by atoms with Gasteiger partial charge in [0, 0.05) is 24.0 Å². The third kappa shape index (κ3) is 4.28. The summed E-state index contributed by atoms with van der Waals surface area (Å²) in [5.74, 6) is 0.289. The van der Waals surface area contributed by atoms with Crippen LogP contribution in [0, 0.1) is 10.1 Å². The van der Waals surface area contributed by atoms with E-state index < -0.39 is 16.6 Å². The van der Waals surface area contributed by atoms with Gasteiger partial charge in [-0.25, -0.2) is 9.78 Å². The SMILES string of the molecule is CC(C)(C)N(C(=O)OCCn1cccn1)c1ccc([N+](=O)[O-])cn1. The molecule has 0 unspecified atom stereocenters. The molecule has 1 amide bonds. The van der Waals surface area contributed by atoms with Crippen molar-refractivity contribution in [3.05, 3.63) is 46.9 Å². The van der Waals surface area contributed by atoms with Gasteiger partial charge < -0.3 is 4.74 Å². The smallest absolute Gasteiger partial charge is 0.416 e. The van der Waals surface area contributed by atoms with E-state index in [-0.39, 0.29) is 18.1 Å². The lowest BCUT2D eigenvalue weighted by Gasteiger charge is -2.33. The van der Waals surface area contributed by atoms with Crippen molar-refractivity contribution in [1.82, 2.24) is 14.8 Å². The van der Waals surface area contributed by atoms with Gasteiger partial charge in [-0.3, -0.25) is 19.7 Å². The van der Waals surface area contributed by atoms with Crippen LogP contribution in [0.5, 0.6) is 0 Å². The first-order chi connectivity index (χ1) is 11.3. The molecule has 0 aliphatic heterocycles. The Balaban J connectivity index is 2.09. The van der Waals surface area contributed by atoms with Crippen molar-refractivity contribution >= 4 is 17.6 Å². The van der Waals surface area contributed by atoms with Crippen molar-refractivity contribution in [2.75, 3.05) is 11.5 Å². The number of aromatic nitrogens is 3. The van der Waals surface area contributed by atoms with Crippen molar-refractivity contribution < 1.29 is 14.5 Å². The zero-order valence-corrected chi connectivity index (χ0v) is 13.7. The van der Waals surface area contributed by atoms with Gasteiger partial charge in [0.25, 0.3) is 5.69 Å². The van der Waals surface area contributed by atoms with Gasteiger partial charge in [-0.2, -0.15) is 5.10 Å². The van der Waals surface area contributed by atoms with E-state index in [2.05, 4.69) is 10.1 Å². The van der Waals surface area contributed by atoms with E-state index in [1.54, 1.807) is 23.1 Å². The van der Waals surface area contributed by atoms with Gasteiger partial charge in [-0.1, -0.05) is 0 Å². The highest BCUT2D eigenvalue weighted by atomic mass is 16.6. The monoisotopic (exact) mass is 333 g/mol.